The number of fused-ring (bicyclic) bond motifs is 1. The van der Waals surface area contributed by atoms with E-state index in [-0.39, 0.29) is 41.6 Å². The van der Waals surface area contributed by atoms with Crippen LogP contribution in [0.25, 0.3) is 11.2 Å². The fourth-order valence-corrected chi connectivity index (χ4v) is 9.68. The molecule has 1 aliphatic heterocycles. The number of nitrogens with zero attached hydrogens (tertiary/aromatic N) is 4. The van der Waals surface area contributed by atoms with Crippen LogP contribution in [0.4, 0.5) is 5.82 Å². The van der Waals surface area contributed by atoms with E-state index in [1.807, 2.05) is 0 Å². The van der Waals surface area contributed by atoms with Crippen LogP contribution < -0.4 is 16.4 Å². The first kappa shape index (κ1) is 52.9. The molecule has 2 amide bonds. The number of phosphoric ester groups is 3. The van der Waals surface area contributed by atoms with Gasteiger partial charge in [0.05, 0.1) is 19.5 Å². The van der Waals surface area contributed by atoms with Crippen LogP contribution in [0.1, 0.15) is 91.7 Å². The minimum absolute atomic E-state index is 0.0328. The third-order valence-electron chi connectivity index (χ3n) is 9.33. The Hall–Kier alpha value is -2.44. The van der Waals surface area contributed by atoms with Gasteiger partial charge in [-0.2, -0.15) is 4.31 Å². The van der Waals surface area contributed by atoms with Gasteiger partial charge < -0.3 is 50.9 Å². The lowest BCUT2D eigenvalue weighted by atomic mass is 9.87. The van der Waals surface area contributed by atoms with Crippen molar-refractivity contribution in [1.29, 1.82) is 0 Å². The Morgan fingerprint density at radius 2 is 1.67 bits per heavy atom. The van der Waals surface area contributed by atoms with E-state index in [4.69, 9.17) is 19.5 Å². The molecule has 61 heavy (non-hydrogen) atoms. The lowest BCUT2D eigenvalue weighted by Gasteiger charge is -2.30. The van der Waals surface area contributed by atoms with Gasteiger partial charge in [0.2, 0.25) is 11.8 Å². The van der Waals surface area contributed by atoms with Crippen molar-refractivity contribution >= 4 is 69.1 Å². The zero-order chi connectivity index (χ0) is 45.6. The number of carbonyl (C=O) groups excluding carboxylic acids is 3. The van der Waals surface area contributed by atoms with E-state index in [0.717, 1.165) is 41.8 Å². The van der Waals surface area contributed by atoms with E-state index >= 15 is 0 Å². The second-order valence-electron chi connectivity index (χ2n) is 15.2. The number of carbonyl (C=O) groups is 3. The van der Waals surface area contributed by atoms with Crippen LogP contribution in [-0.4, -0.2) is 123 Å². The molecule has 3 heterocycles. The van der Waals surface area contributed by atoms with E-state index in [9.17, 15) is 57.9 Å². The van der Waals surface area contributed by atoms with E-state index in [1.54, 1.807) is 0 Å². The monoisotopic (exact) mass is 949 g/mol. The Labute approximate surface area is 356 Å². The van der Waals surface area contributed by atoms with Crippen LogP contribution in [0.15, 0.2) is 12.7 Å². The SMILES string of the molecule is CCCCCCCCC(C)CC(=O)SCCNC(=O)CCNC(=O)[C@H](O)C(C)(C)COP(=O)(O)OP(=O)(O)OC[C@H]1O[C@@H](n2cnc3c(N)ncnc32)[C@H](O)[C@@H]1OP(=O)(O)O. The first-order valence-corrected chi connectivity index (χ1v) is 25.0. The number of hydrogen-bond acceptors (Lipinski definition) is 18. The fraction of sp³-hybridized carbons (Fsp3) is 0.758. The number of aliphatic hydroxyl groups is 2. The largest absolute Gasteiger partial charge is 0.481 e. The molecule has 348 valence electrons. The Morgan fingerprint density at radius 3 is 2.36 bits per heavy atom. The number of amides is 2. The molecule has 0 radical (unpaired) electrons. The minimum Gasteiger partial charge on any atom is -0.386 e. The zero-order valence-electron chi connectivity index (χ0n) is 34.3. The summed E-state index contributed by atoms with van der Waals surface area (Å²) < 4.78 is 62.3. The molecule has 0 spiro atoms. The first-order chi connectivity index (χ1) is 28.4. The number of imidazole rings is 1. The maximum absolute atomic E-state index is 12.7. The maximum atomic E-state index is 12.7. The van der Waals surface area contributed by atoms with Gasteiger partial charge >= 0.3 is 23.5 Å². The molecule has 0 aliphatic carbocycles. The minimum atomic E-state index is -5.57. The number of ether oxygens (including phenoxy) is 1. The molecule has 8 atom stereocenters. The van der Waals surface area contributed by atoms with Crippen LogP contribution in [-0.2, 0) is 50.7 Å². The van der Waals surface area contributed by atoms with Gasteiger partial charge in [-0.1, -0.05) is 84.4 Å². The number of aliphatic hydroxyl groups excluding tert-OH is 2. The van der Waals surface area contributed by atoms with E-state index < -0.39 is 84.6 Å². The van der Waals surface area contributed by atoms with Crippen molar-refractivity contribution in [3.05, 3.63) is 12.7 Å². The highest BCUT2D eigenvalue weighted by Crippen LogP contribution is 2.61. The normalized spacial score (nSPS) is 21.4. The predicted molar refractivity (Wildman–Crippen MR) is 219 cm³/mol. The van der Waals surface area contributed by atoms with Crippen molar-refractivity contribution in [2.24, 2.45) is 11.3 Å². The summed E-state index contributed by atoms with van der Waals surface area (Å²) in [5, 5.41) is 26.6. The molecule has 10 N–H and O–H groups in total. The van der Waals surface area contributed by atoms with Gasteiger partial charge in [-0.25, -0.2) is 28.6 Å². The lowest BCUT2D eigenvalue weighted by molar-refractivity contribution is -0.137. The molecule has 28 heteroatoms. The quantitative estimate of drug-likeness (QED) is 0.0437. The molecule has 3 rings (SSSR count). The third-order valence-corrected chi connectivity index (χ3v) is 13.3. The van der Waals surface area contributed by atoms with Crippen molar-refractivity contribution in [2.75, 3.05) is 37.8 Å². The average molecular weight is 950 g/mol. The van der Waals surface area contributed by atoms with Crippen LogP contribution in [0, 0.1) is 11.3 Å². The standard InChI is InChI=1S/C33H58N7O17P3S/c1-5-6-7-8-9-10-11-21(2)16-24(42)61-15-14-35-23(41)12-13-36-31(45)28(44)33(3,4)18-54-60(51,52)57-59(49,50)53-17-22-27(56-58(46,47)48)26(43)32(55-22)40-20-39-25-29(34)37-19-38-30(25)40/h19-22,26-28,32,43-44H,5-18H2,1-4H3,(H,35,41)(H,36,45)(H,49,50)(H,51,52)(H2,34,37,38)(H2,46,47,48)/t21?,22-,26-,27-,28+,32-/m1/s1. The van der Waals surface area contributed by atoms with E-state index in [2.05, 4.69) is 48.3 Å². The smallest absolute Gasteiger partial charge is 0.386 e. The topological polar surface area (TPSA) is 364 Å². The zero-order valence-corrected chi connectivity index (χ0v) is 37.8. The molecular formula is C33H58N7O17P3S. The Morgan fingerprint density at radius 1 is 1.00 bits per heavy atom. The first-order valence-electron chi connectivity index (χ1n) is 19.5. The molecule has 1 saturated heterocycles. The fourth-order valence-electron chi connectivity index (χ4n) is 6.01. The highest BCUT2D eigenvalue weighted by Gasteiger charge is 2.50. The number of rotatable bonds is 28. The molecule has 2 aromatic heterocycles. The molecule has 0 saturated carbocycles. The summed E-state index contributed by atoms with van der Waals surface area (Å²) in [6, 6.07) is 0. The van der Waals surface area contributed by atoms with Gasteiger partial charge in [0.25, 0.3) is 0 Å². The van der Waals surface area contributed by atoms with Crippen molar-refractivity contribution in [1.82, 2.24) is 30.2 Å². The molecule has 24 nitrogen and oxygen atoms in total. The molecule has 0 aromatic carbocycles. The number of thioether (sulfide) groups is 1. The van der Waals surface area contributed by atoms with Gasteiger partial charge in [0, 0.05) is 37.1 Å². The third kappa shape index (κ3) is 17.9. The summed E-state index contributed by atoms with van der Waals surface area (Å²) in [6.07, 6.45) is 1.76. The number of nitrogens with two attached hydrogens (primary N) is 1. The maximum Gasteiger partial charge on any atom is 0.481 e. The number of nitrogen functional groups attached to an aromatic ring is 1. The number of aromatic nitrogens is 4. The summed E-state index contributed by atoms with van der Waals surface area (Å²) in [7, 11) is -16.4. The number of hydrogen-bond donors (Lipinski definition) is 9. The van der Waals surface area contributed by atoms with Crippen molar-refractivity contribution in [2.45, 2.75) is 116 Å². The molecule has 1 fully saturated rings. The highest BCUT2D eigenvalue weighted by molar-refractivity contribution is 8.13. The Kier molecular flexibility index (Phi) is 20.8. The van der Waals surface area contributed by atoms with E-state index in [0.29, 0.717) is 18.1 Å². The number of phosphoric acid groups is 3. The van der Waals surface area contributed by atoms with Crippen LogP contribution in [0.3, 0.4) is 0 Å². The number of unbranched alkanes of at least 4 members (excludes halogenated alkanes) is 5. The Balaban J connectivity index is 1.41. The van der Waals surface area contributed by atoms with Crippen LogP contribution in [0.2, 0.25) is 0 Å². The molecule has 0 bridgehead atoms. The molecular weight excluding hydrogens is 891 g/mol. The second-order valence-corrected chi connectivity index (χ2v) is 20.5. The van der Waals surface area contributed by atoms with Crippen molar-refractivity contribution in [3.63, 3.8) is 0 Å². The summed E-state index contributed by atoms with van der Waals surface area (Å²) in [5.41, 5.74) is 4.28. The summed E-state index contributed by atoms with van der Waals surface area (Å²) in [6.45, 7) is 4.80. The van der Waals surface area contributed by atoms with Gasteiger partial charge in [-0.15, -0.1) is 0 Å². The van der Waals surface area contributed by atoms with Gasteiger partial charge in [-0.05, 0) is 5.92 Å². The van der Waals surface area contributed by atoms with Crippen LogP contribution in [0.5, 0.6) is 0 Å². The summed E-state index contributed by atoms with van der Waals surface area (Å²) in [5.74, 6) is -0.744. The second kappa shape index (κ2) is 24.0. The van der Waals surface area contributed by atoms with Crippen molar-refractivity contribution < 1.29 is 80.5 Å². The summed E-state index contributed by atoms with van der Waals surface area (Å²) in [4.78, 5) is 88.2. The molecule has 3 unspecified atom stereocenters. The van der Waals surface area contributed by atoms with Crippen LogP contribution >= 0.6 is 35.2 Å². The lowest BCUT2D eigenvalue weighted by Crippen LogP contribution is -2.46. The number of nitrogens with one attached hydrogen (secondary N) is 2. The Bertz CT molecular complexity index is 1910. The number of anilines is 1. The average Bonchev–Trinajstić information content (AvgIpc) is 3.72. The van der Waals surface area contributed by atoms with Gasteiger partial charge in [0.1, 0.15) is 36.3 Å². The molecule has 2 aromatic rings. The van der Waals surface area contributed by atoms with Crippen molar-refractivity contribution in [3.8, 4) is 0 Å². The highest BCUT2D eigenvalue weighted by atomic mass is 32.2. The predicted octanol–water partition coefficient (Wildman–Crippen LogP) is 2.44. The molecule has 1 aliphatic rings. The van der Waals surface area contributed by atoms with Gasteiger partial charge in [-0.3, -0.25) is 32.5 Å². The van der Waals surface area contributed by atoms with E-state index in [1.165, 1.54) is 46.0 Å². The van der Waals surface area contributed by atoms with Gasteiger partial charge in [0.15, 0.2) is 22.8 Å². The summed E-state index contributed by atoms with van der Waals surface area (Å²) >= 11 is 1.15.